The van der Waals surface area contributed by atoms with Crippen molar-refractivity contribution in [1.82, 2.24) is 0 Å². The van der Waals surface area contributed by atoms with E-state index in [2.05, 4.69) is 26.5 Å². The van der Waals surface area contributed by atoms with Gasteiger partial charge in [-0.15, -0.1) is 0 Å². The minimum absolute atomic E-state index is 0.0678. The number of hydrogen-bond donors (Lipinski definition) is 1. The van der Waals surface area contributed by atoms with Crippen molar-refractivity contribution in [3.05, 3.63) is 48.5 Å². The number of azo groups is 1. The number of fused-ring (bicyclic) bond motifs is 1. The Labute approximate surface area is 167 Å². The zero-order chi connectivity index (χ0) is 20.1. The number of para-hydroxylation sites is 1. The summed E-state index contributed by atoms with van der Waals surface area (Å²) in [4.78, 5) is 1.96. The van der Waals surface area contributed by atoms with E-state index in [0.29, 0.717) is 13.0 Å². The highest BCUT2D eigenvalue weighted by Gasteiger charge is 2.15. The van der Waals surface area contributed by atoms with Crippen LogP contribution in [-0.2, 0) is 21.6 Å². The molecule has 0 fully saturated rings. The molecule has 0 amide bonds. The Bertz CT molecular complexity index is 1080. The molecule has 0 unspecified atom stereocenters. The van der Waals surface area contributed by atoms with Gasteiger partial charge in [-0.2, -0.15) is 8.42 Å². The van der Waals surface area contributed by atoms with Gasteiger partial charge in [0, 0.05) is 19.3 Å². The minimum atomic E-state index is -4.38. The molecule has 0 spiro atoms. The van der Waals surface area contributed by atoms with E-state index < -0.39 is 10.4 Å². The Kier molecular flexibility index (Phi) is 6.35. The van der Waals surface area contributed by atoms with E-state index in [1.807, 2.05) is 60.0 Å². The number of aryl methyl sites for hydroxylation is 1. The van der Waals surface area contributed by atoms with Crippen LogP contribution in [0.15, 0.2) is 58.8 Å². The molecule has 1 N–H and O–H groups in total. The van der Waals surface area contributed by atoms with Crippen LogP contribution in [0, 0.1) is 0 Å². The maximum absolute atomic E-state index is 10.5. The summed E-state index contributed by atoms with van der Waals surface area (Å²) in [5, 5.41) is 9.50. The van der Waals surface area contributed by atoms with E-state index in [-0.39, 0.29) is 6.61 Å². The molecule has 3 rings (SSSR count). The molecule has 10 heteroatoms. The maximum Gasteiger partial charge on any atom is 0.409 e. The van der Waals surface area contributed by atoms with E-state index in [1.165, 1.54) is 0 Å². The van der Waals surface area contributed by atoms with Gasteiger partial charge in [-0.05, 0) is 59.3 Å². The van der Waals surface area contributed by atoms with E-state index in [4.69, 9.17) is 4.55 Å². The van der Waals surface area contributed by atoms with Crippen LogP contribution in [0.5, 0.6) is 0 Å². The van der Waals surface area contributed by atoms with Crippen molar-refractivity contribution < 1.29 is 21.7 Å². The van der Waals surface area contributed by atoms with Crippen molar-refractivity contribution in [2.24, 2.45) is 17.3 Å². The second-order valence-electron chi connectivity index (χ2n) is 6.15. The number of benzene rings is 2. The van der Waals surface area contributed by atoms with Gasteiger partial charge in [-0.3, -0.25) is 4.55 Å². The fourth-order valence-electron chi connectivity index (χ4n) is 2.65. The third kappa shape index (κ3) is 5.32. The lowest BCUT2D eigenvalue weighted by atomic mass is 10.2. The number of aromatic nitrogens is 1. The molecule has 0 aliphatic heterocycles. The van der Waals surface area contributed by atoms with Gasteiger partial charge in [0.15, 0.2) is 0 Å². The summed E-state index contributed by atoms with van der Waals surface area (Å²) in [6, 6.07) is 15.7. The topological polar surface area (TPSA) is 95.4 Å². The zero-order valence-corrected chi connectivity index (χ0v) is 17.2. The lowest BCUT2D eigenvalue weighted by Crippen LogP contribution is -2.25. The summed E-state index contributed by atoms with van der Waals surface area (Å²) in [7, 11) is -0.516. The number of hydrogen-bond acceptors (Lipinski definition) is 7. The van der Waals surface area contributed by atoms with Crippen LogP contribution in [0.2, 0.25) is 0 Å². The predicted molar refractivity (Wildman–Crippen MR) is 109 cm³/mol. The first-order chi connectivity index (χ1) is 13.3. The van der Waals surface area contributed by atoms with Crippen molar-refractivity contribution in [1.29, 1.82) is 0 Å². The van der Waals surface area contributed by atoms with Crippen molar-refractivity contribution in [3.8, 4) is 0 Å². The van der Waals surface area contributed by atoms with Gasteiger partial charge in [0.1, 0.15) is 11.2 Å². The highest BCUT2D eigenvalue weighted by atomic mass is 32.3. The molecule has 0 saturated carbocycles. The summed E-state index contributed by atoms with van der Waals surface area (Å²) in [6.07, 6.45) is 0.459. The molecule has 148 valence electrons. The molecule has 0 saturated heterocycles. The van der Waals surface area contributed by atoms with Crippen LogP contribution in [0.3, 0.4) is 0 Å². The Hall–Kier alpha value is -2.40. The molecule has 0 aliphatic rings. The molecule has 1 aromatic heterocycles. The fourth-order valence-corrected chi connectivity index (χ4v) is 3.95. The lowest BCUT2D eigenvalue weighted by Gasteiger charge is -2.18. The van der Waals surface area contributed by atoms with E-state index >= 15 is 0 Å². The molecule has 0 aliphatic carbocycles. The van der Waals surface area contributed by atoms with Crippen LogP contribution in [0.25, 0.3) is 10.2 Å². The Morgan fingerprint density at radius 1 is 1.14 bits per heavy atom. The Morgan fingerprint density at radius 2 is 1.86 bits per heavy atom. The lowest BCUT2D eigenvalue weighted by molar-refractivity contribution is -0.627. The molecule has 0 atom stereocenters. The van der Waals surface area contributed by atoms with Gasteiger partial charge in [-0.1, -0.05) is 12.1 Å². The standard InChI is InChI=1S/C18H20N4O4S2/c1-21(12-5-13-26-28(23,24)25)15-10-8-14(9-11-15)19-20-18-22(2)16-6-3-4-7-17(16)27-18/h3-4,6-11H,5,12-13H2,1-2H3/p+1. The van der Waals surface area contributed by atoms with Crippen LogP contribution in [0.1, 0.15) is 6.42 Å². The van der Waals surface area contributed by atoms with Gasteiger partial charge in [-0.25, -0.2) is 8.75 Å². The summed E-state index contributed by atoms with van der Waals surface area (Å²) >= 11 is 1.59. The van der Waals surface area contributed by atoms with E-state index in [9.17, 15) is 8.42 Å². The first-order valence-electron chi connectivity index (χ1n) is 8.56. The molecular formula is C18H21N4O4S2+. The van der Waals surface area contributed by atoms with Crippen LogP contribution >= 0.6 is 11.3 Å². The average Bonchev–Trinajstić information content (AvgIpc) is 2.99. The largest absolute Gasteiger partial charge is 0.409 e. The fraction of sp³-hybridized carbons (Fsp3) is 0.278. The summed E-state index contributed by atoms with van der Waals surface area (Å²) in [5.74, 6) is 0. The number of thiazole rings is 1. The minimum Gasteiger partial charge on any atom is -0.375 e. The first-order valence-corrected chi connectivity index (χ1v) is 10.7. The molecule has 28 heavy (non-hydrogen) atoms. The summed E-state index contributed by atoms with van der Waals surface area (Å²) < 4.78 is 37.1. The monoisotopic (exact) mass is 421 g/mol. The van der Waals surface area contributed by atoms with Crippen molar-refractivity contribution >= 4 is 48.5 Å². The number of rotatable bonds is 8. The van der Waals surface area contributed by atoms with Crippen molar-refractivity contribution in [3.63, 3.8) is 0 Å². The first kappa shape index (κ1) is 20.3. The summed E-state index contributed by atoms with van der Waals surface area (Å²) in [5.41, 5.74) is 2.82. The quantitative estimate of drug-likeness (QED) is 0.258. The average molecular weight is 422 g/mol. The molecule has 3 aromatic rings. The second kappa shape index (κ2) is 8.74. The predicted octanol–water partition coefficient (Wildman–Crippen LogP) is 3.79. The maximum atomic E-state index is 10.5. The van der Waals surface area contributed by atoms with Crippen LogP contribution in [-0.4, -0.2) is 33.2 Å². The van der Waals surface area contributed by atoms with Crippen LogP contribution in [0.4, 0.5) is 16.5 Å². The normalized spacial score (nSPS) is 12.1. The van der Waals surface area contributed by atoms with Gasteiger partial charge in [0.2, 0.25) is 0 Å². The smallest absolute Gasteiger partial charge is 0.375 e. The van der Waals surface area contributed by atoms with Crippen molar-refractivity contribution in [2.75, 3.05) is 25.1 Å². The number of nitrogens with zero attached hydrogens (tertiary/aromatic N) is 4. The number of anilines is 1. The van der Waals surface area contributed by atoms with Gasteiger partial charge in [0.25, 0.3) is 0 Å². The van der Waals surface area contributed by atoms with Crippen molar-refractivity contribution in [2.45, 2.75) is 6.42 Å². The Balaban J connectivity index is 1.60. The third-order valence-electron chi connectivity index (χ3n) is 4.13. The molecule has 2 aromatic carbocycles. The summed E-state index contributed by atoms with van der Waals surface area (Å²) in [6.45, 7) is 0.510. The van der Waals surface area contributed by atoms with Gasteiger partial charge >= 0.3 is 15.5 Å². The molecular weight excluding hydrogens is 400 g/mol. The molecule has 0 radical (unpaired) electrons. The third-order valence-corrected chi connectivity index (χ3v) is 5.69. The van der Waals surface area contributed by atoms with Gasteiger partial charge in [0.05, 0.1) is 23.5 Å². The van der Waals surface area contributed by atoms with Gasteiger partial charge < -0.3 is 4.90 Å². The SMILES string of the molecule is CN(CCCOS(=O)(=O)O)c1ccc(N=Nc2sc3ccccc3[n+]2C)cc1. The Morgan fingerprint density at radius 3 is 2.54 bits per heavy atom. The molecule has 1 heterocycles. The highest BCUT2D eigenvalue weighted by Crippen LogP contribution is 2.27. The highest BCUT2D eigenvalue weighted by molar-refractivity contribution is 7.80. The zero-order valence-electron chi connectivity index (χ0n) is 15.5. The second-order valence-corrected chi connectivity index (χ2v) is 8.25. The molecule has 8 nitrogen and oxygen atoms in total. The van der Waals surface area contributed by atoms with Crippen LogP contribution < -0.4 is 9.47 Å². The van der Waals surface area contributed by atoms with E-state index in [1.54, 1.807) is 11.3 Å². The van der Waals surface area contributed by atoms with E-state index in [0.717, 1.165) is 26.7 Å². The molecule has 0 bridgehead atoms.